The molecule has 1 aliphatic rings. The van der Waals surface area contributed by atoms with Crippen molar-refractivity contribution in [3.05, 3.63) is 83.4 Å². The van der Waals surface area contributed by atoms with E-state index < -0.39 is 9.84 Å². The SMILES string of the molecule is Cc1ccc(C)c(-c2ccc(C(=O)Nc3ccc(NC4CCS(=O)(=O)CC4)cc3)cc2)c1. The lowest BCUT2D eigenvalue weighted by Gasteiger charge is -2.24. The molecule has 1 saturated heterocycles. The molecule has 0 radical (unpaired) electrons. The van der Waals surface area contributed by atoms with Crippen molar-refractivity contribution in [1.29, 1.82) is 0 Å². The molecule has 3 aromatic rings. The molecule has 6 heteroatoms. The third-order valence-corrected chi connectivity index (χ3v) is 7.63. The van der Waals surface area contributed by atoms with E-state index in [0.717, 1.165) is 11.3 Å². The molecule has 3 aromatic carbocycles. The second-order valence-electron chi connectivity index (χ2n) is 8.50. The second-order valence-corrected chi connectivity index (χ2v) is 10.8. The van der Waals surface area contributed by atoms with E-state index in [1.165, 1.54) is 16.7 Å². The van der Waals surface area contributed by atoms with Gasteiger partial charge < -0.3 is 10.6 Å². The molecule has 1 amide bonds. The van der Waals surface area contributed by atoms with Gasteiger partial charge in [-0.3, -0.25) is 4.79 Å². The first-order valence-corrected chi connectivity index (χ1v) is 12.7. The molecule has 0 atom stereocenters. The van der Waals surface area contributed by atoms with Gasteiger partial charge in [0.15, 0.2) is 0 Å². The maximum Gasteiger partial charge on any atom is 0.255 e. The van der Waals surface area contributed by atoms with Gasteiger partial charge in [-0.1, -0.05) is 35.9 Å². The van der Waals surface area contributed by atoms with Crippen LogP contribution in [-0.2, 0) is 9.84 Å². The number of carbonyl (C=O) groups excluding carboxylic acids is 1. The van der Waals surface area contributed by atoms with Crippen molar-refractivity contribution in [1.82, 2.24) is 0 Å². The zero-order chi connectivity index (χ0) is 22.7. The summed E-state index contributed by atoms with van der Waals surface area (Å²) >= 11 is 0. The van der Waals surface area contributed by atoms with Gasteiger partial charge in [-0.2, -0.15) is 0 Å². The van der Waals surface area contributed by atoms with E-state index in [2.05, 4.69) is 42.7 Å². The Balaban J connectivity index is 1.37. The van der Waals surface area contributed by atoms with Gasteiger partial charge in [-0.05, 0) is 79.8 Å². The number of benzene rings is 3. The largest absolute Gasteiger partial charge is 0.382 e. The van der Waals surface area contributed by atoms with Crippen molar-refractivity contribution in [2.45, 2.75) is 32.7 Å². The molecule has 0 spiro atoms. The van der Waals surface area contributed by atoms with Crippen LogP contribution in [0.2, 0.25) is 0 Å². The molecule has 1 heterocycles. The van der Waals surface area contributed by atoms with Gasteiger partial charge in [0.05, 0.1) is 11.5 Å². The summed E-state index contributed by atoms with van der Waals surface area (Å²) in [6.07, 6.45) is 1.25. The standard InChI is InChI=1S/C26H28N2O3S/c1-18-3-4-19(2)25(17-18)20-5-7-21(8-6-20)26(29)28-23-11-9-22(10-12-23)27-24-13-15-32(30,31)16-14-24/h3-12,17,24,27H,13-16H2,1-2H3,(H,28,29). The molecule has 0 unspecified atom stereocenters. The number of amides is 1. The second kappa shape index (κ2) is 9.17. The summed E-state index contributed by atoms with van der Waals surface area (Å²) in [4.78, 5) is 12.7. The molecule has 1 fully saturated rings. The summed E-state index contributed by atoms with van der Waals surface area (Å²) in [7, 11) is -2.86. The number of hydrogen-bond donors (Lipinski definition) is 2. The van der Waals surface area contributed by atoms with Crippen LogP contribution in [0.4, 0.5) is 11.4 Å². The van der Waals surface area contributed by atoms with E-state index in [1.807, 2.05) is 48.5 Å². The van der Waals surface area contributed by atoms with Crippen molar-refractivity contribution >= 4 is 27.1 Å². The summed E-state index contributed by atoms with van der Waals surface area (Å²) in [5.41, 5.74) is 6.92. The zero-order valence-electron chi connectivity index (χ0n) is 18.4. The van der Waals surface area contributed by atoms with Crippen molar-refractivity contribution in [2.75, 3.05) is 22.1 Å². The number of hydrogen-bond acceptors (Lipinski definition) is 4. The molecule has 4 rings (SSSR count). The van der Waals surface area contributed by atoms with Crippen LogP contribution in [0.15, 0.2) is 66.7 Å². The van der Waals surface area contributed by atoms with Crippen molar-refractivity contribution < 1.29 is 13.2 Å². The van der Waals surface area contributed by atoms with Gasteiger partial charge in [0.2, 0.25) is 0 Å². The highest BCUT2D eigenvalue weighted by molar-refractivity contribution is 7.91. The summed E-state index contributed by atoms with van der Waals surface area (Å²) in [6, 6.07) is 21.7. The topological polar surface area (TPSA) is 75.3 Å². The number of carbonyl (C=O) groups is 1. The summed E-state index contributed by atoms with van der Waals surface area (Å²) in [5, 5.41) is 6.32. The number of nitrogens with one attached hydrogen (secondary N) is 2. The van der Waals surface area contributed by atoms with Crippen LogP contribution in [0, 0.1) is 13.8 Å². The Hall–Kier alpha value is -3.12. The van der Waals surface area contributed by atoms with Crippen molar-refractivity contribution in [3.8, 4) is 11.1 Å². The van der Waals surface area contributed by atoms with Gasteiger partial charge in [0.25, 0.3) is 5.91 Å². The number of anilines is 2. The van der Waals surface area contributed by atoms with E-state index in [9.17, 15) is 13.2 Å². The highest BCUT2D eigenvalue weighted by Crippen LogP contribution is 2.25. The highest BCUT2D eigenvalue weighted by atomic mass is 32.2. The highest BCUT2D eigenvalue weighted by Gasteiger charge is 2.23. The van der Waals surface area contributed by atoms with E-state index in [0.29, 0.717) is 24.1 Å². The third kappa shape index (κ3) is 5.37. The van der Waals surface area contributed by atoms with Crippen LogP contribution < -0.4 is 10.6 Å². The molecule has 0 bridgehead atoms. The average Bonchev–Trinajstić information content (AvgIpc) is 2.78. The first kappa shape index (κ1) is 22.1. The van der Waals surface area contributed by atoms with Gasteiger partial charge in [-0.25, -0.2) is 8.42 Å². The fraction of sp³-hybridized carbons (Fsp3) is 0.269. The van der Waals surface area contributed by atoms with Crippen molar-refractivity contribution in [3.63, 3.8) is 0 Å². The Morgan fingerprint density at radius 1 is 0.844 bits per heavy atom. The number of aryl methyl sites for hydroxylation is 2. The molecular formula is C26H28N2O3S. The fourth-order valence-corrected chi connectivity index (χ4v) is 5.46. The molecule has 0 aromatic heterocycles. The molecular weight excluding hydrogens is 420 g/mol. The van der Waals surface area contributed by atoms with E-state index in [-0.39, 0.29) is 23.5 Å². The summed E-state index contributed by atoms with van der Waals surface area (Å²) < 4.78 is 23.1. The number of sulfone groups is 1. The normalized spacial score (nSPS) is 15.8. The molecule has 0 aliphatic carbocycles. The minimum absolute atomic E-state index is 0.157. The maximum absolute atomic E-state index is 12.7. The first-order chi connectivity index (χ1) is 15.3. The molecule has 166 valence electrons. The van der Waals surface area contributed by atoms with Gasteiger partial charge in [0.1, 0.15) is 9.84 Å². The lowest BCUT2D eigenvalue weighted by molar-refractivity contribution is 0.102. The van der Waals surface area contributed by atoms with E-state index >= 15 is 0 Å². The van der Waals surface area contributed by atoms with Crippen LogP contribution in [-0.4, -0.2) is 31.9 Å². The van der Waals surface area contributed by atoms with E-state index in [4.69, 9.17) is 0 Å². The Morgan fingerprint density at radius 3 is 2.12 bits per heavy atom. The molecule has 1 aliphatic heterocycles. The summed E-state index contributed by atoms with van der Waals surface area (Å²) in [5.74, 6) is 0.318. The number of rotatable bonds is 5. The maximum atomic E-state index is 12.7. The van der Waals surface area contributed by atoms with Crippen LogP contribution in [0.5, 0.6) is 0 Å². The van der Waals surface area contributed by atoms with Gasteiger partial charge in [-0.15, -0.1) is 0 Å². The Labute approximate surface area is 189 Å². The Kier molecular flexibility index (Phi) is 6.33. The predicted octanol–water partition coefficient (Wildman–Crippen LogP) is 5.21. The quantitative estimate of drug-likeness (QED) is 0.562. The fourth-order valence-electron chi connectivity index (χ4n) is 3.97. The Morgan fingerprint density at radius 2 is 1.47 bits per heavy atom. The minimum atomic E-state index is -2.86. The molecule has 32 heavy (non-hydrogen) atoms. The first-order valence-electron chi connectivity index (χ1n) is 10.9. The van der Waals surface area contributed by atoms with Crippen LogP contribution in [0.1, 0.15) is 34.3 Å². The lowest BCUT2D eigenvalue weighted by atomic mass is 9.97. The predicted molar refractivity (Wildman–Crippen MR) is 131 cm³/mol. The zero-order valence-corrected chi connectivity index (χ0v) is 19.2. The smallest absolute Gasteiger partial charge is 0.255 e. The van der Waals surface area contributed by atoms with Crippen LogP contribution in [0.3, 0.4) is 0 Å². The summed E-state index contributed by atoms with van der Waals surface area (Å²) in [6.45, 7) is 4.16. The van der Waals surface area contributed by atoms with Crippen molar-refractivity contribution in [2.24, 2.45) is 0 Å². The van der Waals surface area contributed by atoms with Gasteiger partial charge >= 0.3 is 0 Å². The molecule has 0 saturated carbocycles. The average molecular weight is 449 g/mol. The Bertz CT molecular complexity index is 1200. The monoisotopic (exact) mass is 448 g/mol. The molecule has 2 N–H and O–H groups in total. The molecule has 5 nitrogen and oxygen atoms in total. The van der Waals surface area contributed by atoms with Crippen LogP contribution in [0.25, 0.3) is 11.1 Å². The van der Waals surface area contributed by atoms with E-state index in [1.54, 1.807) is 0 Å². The lowest BCUT2D eigenvalue weighted by Crippen LogP contribution is -2.32. The van der Waals surface area contributed by atoms with Gasteiger partial charge in [0, 0.05) is 23.0 Å². The van der Waals surface area contributed by atoms with Crippen LogP contribution >= 0.6 is 0 Å². The minimum Gasteiger partial charge on any atom is -0.382 e. The third-order valence-electron chi connectivity index (χ3n) is 5.92.